The van der Waals surface area contributed by atoms with Gasteiger partial charge in [-0.15, -0.1) is 0 Å². The predicted molar refractivity (Wildman–Crippen MR) is 89.1 cm³/mol. The normalized spacial score (nSPS) is 18.3. The zero-order chi connectivity index (χ0) is 15.8. The molecule has 0 saturated carbocycles. The largest absolute Gasteiger partial charge is 0.493 e. The minimum atomic E-state index is 0.272. The lowest BCUT2D eigenvalue weighted by atomic mass is 9.97. The van der Waals surface area contributed by atoms with Crippen molar-refractivity contribution in [2.45, 2.75) is 32.6 Å². The fraction of sp³-hybridized carbons (Fsp3) is 0.611. The Morgan fingerprint density at radius 1 is 1.41 bits per heavy atom. The summed E-state index contributed by atoms with van der Waals surface area (Å²) >= 11 is 0. The van der Waals surface area contributed by atoms with Crippen LogP contribution in [0.4, 0.5) is 0 Å². The van der Waals surface area contributed by atoms with Crippen LogP contribution >= 0.6 is 0 Å². The molecule has 0 spiro atoms. The predicted octanol–water partition coefficient (Wildman–Crippen LogP) is 2.61. The Morgan fingerprint density at radius 3 is 3.00 bits per heavy atom. The lowest BCUT2D eigenvalue weighted by Gasteiger charge is -2.32. The Morgan fingerprint density at radius 2 is 2.23 bits per heavy atom. The molecule has 0 radical (unpaired) electrons. The van der Waals surface area contributed by atoms with Gasteiger partial charge in [0, 0.05) is 19.5 Å². The molecular weight excluding hydrogens is 276 g/mol. The molecule has 0 bridgehead atoms. The Balaban J connectivity index is 1.68. The summed E-state index contributed by atoms with van der Waals surface area (Å²) in [6, 6.07) is 7.99. The van der Waals surface area contributed by atoms with Crippen molar-refractivity contribution >= 4 is 5.91 Å². The maximum Gasteiger partial charge on any atom is 0.222 e. The van der Waals surface area contributed by atoms with Gasteiger partial charge in [-0.1, -0.05) is 18.2 Å². The quantitative estimate of drug-likeness (QED) is 0.787. The van der Waals surface area contributed by atoms with Gasteiger partial charge < -0.3 is 15.0 Å². The zero-order valence-corrected chi connectivity index (χ0v) is 13.8. The number of hydrogen-bond donors (Lipinski definition) is 1. The number of ether oxygens (including phenoxy) is 1. The summed E-state index contributed by atoms with van der Waals surface area (Å²) in [5, 5.41) is 3.21. The molecule has 1 aromatic carbocycles. The zero-order valence-electron chi connectivity index (χ0n) is 13.8. The van der Waals surface area contributed by atoms with Crippen molar-refractivity contribution in [2.75, 3.05) is 33.3 Å². The van der Waals surface area contributed by atoms with Gasteiger partial charge in [0.25, 0.3) is 0 Å². The van der Waals surface area contributed by atoms with Gasteiger partial charge >= 0.3 is 0 Å². The summed E-state index contributed by atoms with van der Waals surface area (Å²) < 4.78 is 5.75. The maximum absolute atomic E-state index is 12.3. The van der Waals surface area contributed by atoms with E-state index in [1.54, 1.807) is 0 Å². The summed E-state index contributed by atoms with van der Waals surface area (Å²) in [5.41, 5.74) is 1.14. The first-order valence-corrected chi connectivity index (χ1v) is 8.31. The Labute approximate surface area is 133 Å². The molecule has 4 nitrogen and oxygen atoms in total. The third-order valence-electron chi connectivity index (χ3n) is 4.25. The van der Waals surface area contributed by atoms with Crippen LogP contribution in [0.5, 0.6) is 5.75 Å². The fourth-order valence-corrected chi connectivity index (χ4v) is 3.03. The molecule has 1 fully saturated rings. The molecule has 0 aromatic heterocycles. The summed E-state index contributed by atoms with van der Waals surface area (Å²) in [6.07, 6.45) is 3.71. The standard InChI is InChI=1S/C18H28N2O2/c1-15-7-3-4-9-17(15)22-12-6-10-18(21)20-11-5-8-16(14-20)13-19-2/h3-4,7,9,16,19H,5-6,8,10-14H2,1-2H3. The van der Waals surface area contributed by atoms with Gasteiger partial charge in [0.05, 0.1) is 6.61 Å². The second-order valence-corrected chi connectivity index (χ2v) is 6.12. The van der Waals surface area contributed by atoms with Gasteiger partial charge in [-0.25, -0.2) is 0 Å². The highest BCUT2D eigenvalue weighted by molar-refractivity contribution is 5.76. The third kappa shape index (κ3) is 5.02. The van der Waals surface area contributed by atoms with E-state index in [1.165, 1.54) is 6.42 Å². The molecular formula is C18H28N2O2. The molecule has 1 heterocycles. The molecule has 1 aliphatic rings. The fourth-order valence-electron chi connectivity index (χ4n) is 3.03. The average Bonchev–Trinajstić information content (AvgIpc) is 2.53. The number of aryl methyl sites for hydroxylation is 1. The number of rotatable bonds is 7. The van der Waals surface area contributed by atoms with Crippen LogP contribution in [0.3, 0.4) is 0 Å². The van der Waals surface area contributed by atoms with Crippen LogP contribution in [-0.2, 0) is 4.79 Å². The molecule has 1 amide bonds. The van der Waals surface area contributed by atoms with Crippen LogP contribution in [0.15, 0.2) is 24.3 Å². The number of para-hydroxylation sites is 1. The Bertz CT molecular complexity index is 474. The highest BCUT2D eigenvalue weighted by atomic mass is 16.5. The van der Waals surface area contributed by atoms with Crippen molar-refractivity contribution in [1.29, 1.82) is 0 Å². The van der Waals surface area contributed by atoms with Crippen LogP contribution < -0.4 is 10.1 Å². The van der Waals surface area contributed by atoms with E-state index in [1.807, 2.05) is 43.1 Å². The number of nitrogens with zero attached hydrogens (tertiary/aromatic N) is 1. The number of nitrogens with one attached hydrogen (secondary N) is 1. The average molecular weight is 304 g/mol. The van der Waals surface area contributed by atoms with Gasteiger partial charge in [0.2, 0.25) is 5.91 Å². The van der Waals surface area contributed by atoms with Crippen LogP contribution in [0.1, 0.15) is 31.2 Å². The van der Waals surface area contributed by atoms with Crippen LogP contribution in [0.25, 0.3) is 0 Å². The van der Waals surface area contributed by atoms with E-state index in [0.717, 1.165) is 43.8 Å². The highest BCUT2D eigenvalue weighted by Crippen LogP contribution is 2.18. The first-order chi connectivity index (χ1) is 10.7. The smallest absolute Gasteiger partial charge is 0.222 e. The van der Waals surface area contributed by atoms with Gasteiger partial charge in [0.15, 0.2) is 0 Å². The van der Waals surface area contributed by atoms with Gasteiger partial charge in [-0.3, -0.25) is 4.79 Å². The number of carbonyl (C=O) groups is 1. The lowest BCUT2D eigenvalue weighted by Crippen LogP contribution is -2.42. The third-order valence-corrected chi connectivity index (χ3v) is 4.25. The lowest BCUT2D eigenvalue weighted by molar-refractivity contribution is -0.133. The monoisotopic (exact) mass is 304 g/mol. The minimum absolute atomic E-state index is 0.272. The van der Waals surface area contributed by atoms with E-state index >= 15 is 0 Å². The molecule has 22 heavy (non-hydrogen) atoms. The van der Waals surface area contributed by atoms with Crippen molar-refractivity contribution in [3.63, 3.8) is 0 Å². The second kappa shape index (κ2) is 8.79. The van der Waals surface area contributed by atoms with Gasteiger partial charge in [-0.05, 0) is 57.3 Å². The summed E-state index contributed by atoms with van der Waals surface area (Å²) in [7, 11) is 1.98. The van der Waals surface area contributed by atoms with Crippen molar-refractivity contribution in [3.8, 4) is 5.75 Å². The molecule has 1 atom stereocenters. The summed E-state index contributed by atoms with van der Waals surface area (Å²) in [4.78, 5) is 14.3. The molecule has 1 unspecified atom stereocenters. The van der Waals surface area contributed by atoms with Crippen LogP contribution in [0, 0.1) is 12.8 Å². The van der Waals surface area contributed by atoms with E-state index in [-0.39, 0.29) is 5.91 Å². The summed E-state index contributed by atoms with van der Waals surface area (Å²) in [5.74, 6) is 1.79. The van der Waals surface area contributed by atoms with Gasteiger partial charge in [-0.2, -0.15) is 0 Å². The first-order valence-electron chi connectivity index (χ1n) is 8.31. The SMILES string of the molecule is CNCC1CCCN(C(=O)CCCOc2ccccc2C)C1. The molecule has 0 aliphatic carbocycles. The topological polar surface area (TPSA) is 41.6 Å². The molecule has 2 rings (SSSR count). The van der Waals surface area contributed by atoms with E-state index < -0.39 is 0 Å². The maximum atomic E-state index is 12.3. The highest BCUT2D eigenvalue weighted by Gasteiger charge is 2.22. The number of piperidine rings is 1. The Hall–Kier alpha value is -1.55. The van der Waals surface area contributed by atoms with Crippen molar-refractivity contribution in [3.05, 3.63) is 29.8 Å². The molecule has 122 valence electrons. The molecule has 1 N–H and O–H groups in total. The molecule has 4 heteroatoms. The summed E-state index contributed by atoms with van der Waals surface area (Å²) in [6.45, 7) is 5.46. The van der Waals surface area contributed by atoms with Crippen molar-refractivity contribution < 1.29 is 9.53 Å². The first kappa shape index (κ1) is 16.8. The van der Waals surface area contributed by atoms with Crippen LogP contribution in [0.2, 0.25) is 0 Å². The number of likely N-dealkylation sites (tertiary alicyclic amines) is 1. The van der Waals surface area contributed by atoms with E-state index in [2.05, 4.69) is 5.32 Å². The van der Waals surface area contributed by atoms with Crippen molar-refractivity contribution in [2.24, 2.45) is 5.92 Å². The molecule has 1 aromatic rings. The van der Waals surface area contributed by atoms with Gasteiger partial charge in [0.1, 0.15) is 5.75 Å². The molecule has 1 aliphatic heterocycles. The van der Waals surface area contributed by atoms with Crippen LogP contribution in [-0.4, -0.2) is 44.1 Å². The number of hydrogen-bond acceptors (Lipinski definition) is 3. The second-order valence-electron chi connectivity index (χ2n) is 6.12. The number of carbonyl (C=O) groups excluding carboxylic acids is 1. The number of benzene rings is 1. The minimum Gasteiger partial charge on any atom is -0.493 e. The van der Waals surface area contributed by atoms with E-state index in [4.69, 9.17) is 4.74 Å². The number of amides is 1. The Kier molecular flexibility index (Phi) is 6.72. The van der Waals surface area contributed by atoms with E-state index in [9.17, 15) is 4.79 Å². The van der Waals surface area contributed by atoms with Crippen molar-refractivity contribution in [1.82, 2.24) is 10.2 Å². The van der Waals surface area contributed by atoms with E-state index in [0.29, 0.717) is 18.9 Å². The molecule has 1 saturated heterocycles.